The molecule has 0 amide bonds. The zero-order chi connectivity index (χ0) is 18.5. The lowest BCUT2D eigenvalue weighted by Crippen LogP contribution is -2.30. The quantitative estimate of drug-likeness (QED) is 0.487. The maximum absolute atomic E-state index is 9.01. The molecule has 2 aromatic rings. The largest absolute Gasteiger partial charge is 0.497 e. The summed E-state index contributed by atoms with van der Waals surface area (Å²) in [5.74, 6) is 1.01. The number of aliphatic imine (C=N–C) groups is 1. The van der Waals surface area contributed by atoms with Crippen molar-refractivity contribution in [1.29, 1.82) is 5.26 Å². The topological polar surface area (TPSA) is 73.0 Å². The SMILES string of the molecule is COc1cccc(N/C(=N/C#N)N2C[CH]C(c3ccc(Cl)c(Cl)c3)=N2)c1. The average molecular weight is 387 g/mol. The highest BCUT2D eigenvalue weighted by Crippen LogP contribution is 2.25. The number of rotatable bonds is 3. The second-order valence-electron chi connectivity index (χ2n) is 5.29. The van der Waals surface area contributed by atoms with Crippen molar-refractivity contribution < 1.29 is 4.74 Å². The molecular weight excluding hydrogens is 373 g/mol. The van der Waals surface area contributed by atoms with Gasteiger partial charge in [-0.1, -0.05) is 35.3 Å². The highest BCUT2D eigenvalue weighted by Gasteiger charge is 2.21. The van der Waals surface area contributed by atoms with Crippen LogP contribution in [-0.2, 0) is 0 Å². The maximum atomic E-state index is 9.01. The second kappa shape index (κ2) is 8.09. The van der Waals surface area contributed by atoms with E-state index in [1.165, 1.54) is 0 Å². The van der Waals surface area contributed by atoms with E-state index in [9.17, 15) is 0 Å². The van der Waals surface area contributed by atoms with Gasteiger partial charge >= 0.3 is 0 Å². The molecule has 1 aliphatic heterocycles. The van der Waals surface area contributed by atoms with Crippen molar-refractivity contribution in [3.05, 3.63) is 64.5 Å². The van der Waals surface area contributed by atoms with Gasteiger partial charge < -0.3 is 10.1 Å². The lowest BCUT2D eigenvalue weighted by molar-refractivity contribution is 0.415. The first-order valence-electron chi connectivity index (χ1n) is 7.63. The van der Waals surface area contributed by atoms with Gasteiger partial charge in [0.05, 0.1) is 29.4 Å². The van der Waals surface area contributed by atoms with Gasteiger partial charge in [-0.05, 0) is 29.8 Å². The summed E-state index contributed by atoms with van der Waals surface area (Å²) in [4.78, 5) is 3.84. The van der Waals surface area contributed by atoms with Crippen LogP contribution in [0.4, 0.5) is 5.69 Å². The summed E-state index contributed by atoms with van der Waals surface area (Å²) in [5, 5.41) is 19.1. The lowest BCUT2D eigenvalue weighted by Gasteiger charge is -2.16. The average Bonchev–Trinajstić information content (AvgIpc) is 3.14. The Bertz CT molecular complexity index is 920. The number of hydrogen-bond acceptors (Lipinski definition) is 4. The number of hydrazone groups is 1. The fourth-order valence-corrected chi connectivity index (χ4v) is 2.68. The van der Waals surface area contributed by atoms with E-state index in [1.54, 1.807) is 36.5 Å². The van der Waals surface area contributed by atoms with Crippen molar-refractivity contribution in [3.63, 3.8) is 0 Å². The van der Waals surface area contributed by atoms with E-state index in [2.05, 4.69) is 15.4 Å². The zero-order valence-electron chi connectivity index (χ0n) is 13.8. The van der Waals surface area contributed by atoms with E-state index in [4.69, 9.17) is 33.2 Å². The normalized spacial score (nSPS) is 14.0. The third kappa shape index (κ3) is 4.07. The number of ether oxygens (including phenoxy) is 1. The van der Waals surface area contributed by atoms with Crippen LogP contribution in [0.3, 0.4) is 0 Å². The number of nitrogens with one attached hydrogen (secondary N) is 1. The standard InChI is InChI=1S/C18H14Cl2N5O/c1-26-14-4-2-3-13(10-14)23-18(22-11-21)25-8-7-17(24-25)12-5-6-15(19)16(20)9-12/h2-7,9-10H,8H2,1H3,(H,22,23). The molecule has 2 aromatic carbocycles. The maximum Gasteiger partial charge on any atom is 0.234 e. The van der Waals surface area contributed by atoms with Gasteiger partial charge in [0.15, 0.2) is 0 Å². The van der Waals surface area contributed by atoms with E-state index < -0.39 is 0 Å². The first kappa shape index (κ1) is 18.1. The van der Waals surface area contributed by atoms with Gasteiger partial charge in [-0.15, -0.1) is 4.99 Å². The summed E-state index contributed by atoms with van der Waals surface area (Å²) in [6.45, 7) is 0.465. The minimum absolute atomic E-state index is 0.312. The van der Waals surface area contributed by atoms with Gasteiger partial charge in [-0.3, -0.25) is 0 Å². The summed E-state index contributed by atoms with van der Waals surface area (Å²) in [7, 11) is 1.59. The highest BCUT2D eigenvalue weighted by atomic mass is 35.5. The predicted molar refractivity (Wildman–Crippen MR) is 104 cm³/mol. The molecule has 0 aliphatic carbocycles. The molecule has 1 radical (unpaired) electrons. The smallest absolute Gasteiger partial charge is 0.234 e. The number of anilines is 1. The Kier molecular flexibility index (Phi) is 5.61. The number of benzene rings is 2. The number of halogens is 2. The van der Waals surface area contributed by atoms with Crippen molar-refractivity contribution in [2.24, 2.45) is 10.1 Å². The van der Waals surface area contributed by atoms with Crippen molar-refractivity contribution in [2.75, 3.05) is 19.0 Å². The Morgan fingerprint density at radius 1 is 1.27 bits per heavy atom. The van der Waals surface area contributed by atoms with E-state index >= 15 is 0 Å². The van der Waals surface area contributed by atoms with Crippen LogP contribution in [0.2, 0.25) is 10.0 Å². The Balaban J connectivity index is 1.83. The van der Waals surface area contributed by atoms with Crippen LogP contribution < -0.4 is 10.1 Å². The summed E-state index contributed by atoms with van der Waals surface area (Å²) < 4.78 is 5.20. The zero-order valence-corrected chi connectivity index (χ0v) is 15.3. The molecular formula is C18H14Cl2N5O. The number of nitriles is 1. The second-order valence-corrected chi connectivity index (χ2v) is 6.11. The first-order valence-corrected chi connectivity index (χ1v) is 8.39. The Morgan fingerprint density at radius 3 is 2.85 bits per heavy atom. The predicted octanol–water partition coefficient (Wildman–Crippen LogP) is 4.18. The number of hydrogen-bond donors (Lipinski definition) is 1. The molecule has 0 bridgehead atoms. The first-order chi connectivity index (χ1) is 12.6. The molecule has 0 fully saturated rings. The van der Waals surface area contributed by atoms with Crippen LogP contribution in [0.15, 0.2) is 52.6 Å². The van der Waals surface area contributed by atoms with Crippen LogP contribution in [0.1, 0.15) is 5.56 Å². The number of nitrogens with zero attached hydrogens (tertiary/aromatic N) is 4. The fourth-order valence-electron chi connectivity index (χ4n) is 2.38. The number of methoxy groups -OCH3 is 1. The molecule has 1 aliphatic rings. The van der Waals surface area contributed by atoms with Gasteiger partial charge in [0.1, 0.15) is 5.75 Å². The molecule has 1 heterocycles. The van der Waals surface area contributed by atoms with Gasteiger partial charge in [-0.25, -0.2) is 5.01 Å². The summed E-state index contributed by atoms with van der Waals surface area (Å²) in [6, 6.07) is 12.6. The summed E-state index contributed by atoms with van der Waals surface area (Å²) >= 11 is 12.0. The molecule has 0 saturated carbocycles. The molecule has 8 heteroatoms. The number of guanidine groups is 1. The Hall–Kier alpha value is -2.75. The summed E-state index contributed by atoms with van der Waals surface area (Å²) in [6.07, 6.45) is 3.71. The molecule has 131 valence electrons. The van der Waals surface area contributed by atoms with Crippen molar-refractivity contribution >= 4 is 40.6 Å². The van der Waals surface area contributed by atoms with Gasteiger partial charge in [0.2, 0.25) is 12.2 Å². The van der Waals surface area contributed by atoms with Crippen molar-refractivity contribution in [3.8, 4) is 11.9 Å². The van der Waals surface area contributed by atoms with Crippen molar-refractivity contribution in [1.82, 2.24) is 5.01 Å². The van der Waals surface area contributed by atoms with Crippen LogP contribution in [0.5, 0.6) is 5.75 Å². The molecule has 0 saturated heterocycles. The van der Waals surface area contributed by atoms with Gasteiger partial charge in [0.25, 0.3) is 0 Å². The summed E-state index contributed by atoms with van der Waals surface area (Å²) in [5.41, 5.74) is 2.29. The highest BCUT2D eigenvalue weighted by molar-refractivity contribution is 6.42. The molecule has 0 atom stereocenters. The third-order valence-electron chi connectivity index (χ3n) is 3.63. The molecule has 1 N–H and O–H groups in total. The van der Waals surface area contributed by atoms with Gasteiger partial charge in [0, 0.05) is 18.2 Å². The van der Waals surface area contributed by atoms with E-state index in [0.29, 0.717) is 28.3 Å². The molecule has 6 nitrogen and oxygen atoms in total. The van der Waals surface area contributed by atoms with Crippen LogP contribution in [0, 0.1) is 17.9 Å². The molecule has 0 aromatic heterocycles. The molecule has 3 rings (SSSR count). The Morgan fingerprint density at radius 2 is 2.12 bits per heavy atom. The minimum Gasteiger partial charge on any atom is -0.497 e. The minimum atomic E-state index is 0.312. The lowest BCUT2D eigenvalue weighted by atomic mass is 10.1. The van der Waals surface area contributed by atoms with E-state index in [-0.39, 0.29) is 0 Å². The van der Waals surface area contributed by atoms with Crippen molar-refractivity contribution in [2.45, 2.75) is 0 Å². The Labute approximate surface area is 161 Å². The van der Waals surface area contributed by atoms with Gasteiger partial charge in [-0.2, -0.15) is 10.4 Å². The third-order valence-corrected chi connectivity index (χ3v) is 4.37. The molecule has 0 unspecified atom stereocenters. The van der Waals surface area contributed by atoms with E-state index in [1.807, 2.05) is 30.7 Å². The van der Waals surface area contributed by atoms with E-state index in [0.717, 1.165) is 17.0 Å². The van der Waals surface area contributed by atoms with Crippen LogP contribution in [0.25, 0.3) is 0 Å². The van der Waals surface area contributed by atoms with Crippen LogP contribution >= 0.6 is 23.2 Å². The fraction of sp³-hybridized carbons (Fsp3) is 0.111. The monoisotopic (exact) mass is 386 g/mol. The van der Waals surface area contributed by atoms with Crippen LogP contribution in [-0.4, -0.2) is 30.3 Å². The molecule has 26 heavy (non-hydrogen) atoms. The molecule has 0 spiro atoms.